The summed E-state index contributed by atoms with van der Waals surface area (Å²) >= 11 is 1.86. The summed E-state index contributed by atoms with van der Waals surface area (Å²) in [6, 6.07) is 5.67. The molecule has 1 N–H and O–H groups in total. The topological polar surface area (TPSA) is 56.3 Å². The molecule has 2 heterocycles. The number of fused-ring (bicyclic) bond motifs is 1. The first-order chi connectivity index (χ1) is 10.3. The van der Waals surface area contributed by atoms with Crippen LogP contribution in [0.2, 0.25) is 0 Å². The zero-order valence-electron chi connectivity index (χ0n) is 12.3. The minimum absolute atomic E-state index is 0.681. The van der Waals surface area contributed by atoms with Crippen LogP contribution in [0.5, 0.6) is 11.5 Å². The summed E-state index contributed by atoms with van der Waals surface area (Å²) in [6.07, 6.45) is 0. The molecule has 0 spiro atoms. The van der Waals surface area contributed by atoms with Gasteiger partial charge in [-0.15, -0.1) is 0 Å². The zero-order chi connectivity index (χ0) is 14.8. The number of anilines is 1. The lowest BCUT2D eigenvalue weighted by Crippen LogP contribution is -2.04. The van der Waals surface area contributed by atoms with Gasteiger partial charge in [0.25, 0.3) is 0 Å². The molecule has 1 aromatic carbocycles. The molecule has 0 radical (unpaired) electrons. The van der Waals surface area contributed by atoms with Crippen LogP contribution in [0.3, 0.4) is 0 Å². The van der Waals surface area contributed by atoms with Crippen LogP contribution in [0.15, 0.2) is 18.2 Å². The first kappa shape index (κ1) is 14.0. The number of nitrogens with one attached hydrogen (secondary N) is 1. The predicted octanol–water partition coefficient (Wildman–Crippen LogP) is 2.95. The van der Waals surface area contributed by atoms with E-state index in [2.05, 4.69) is 10.3 Å². The largest absolute Gasteiger partial charge is 0.497 e. The molecule has 21 heavy (non-hydrogen) atoms. The van der Waals surface area contributed by atoms with Crippen molar-refractivity contribution in [3.05, 3.63) is 29.5 Å². The van der Waals surface area contributed by atoms with Crippen molar-refractivity contribution >= 4 is 17.6 Å². The highest BCUT2D eigenvalue weighted by Crippen LogP contribution is 2.37. The molecule has 6 heteroatoms. The van der Waals surface area contributed by atoms with Crippen molar-refractivity contribution in [2.24, 2.45) is 0 Å². The van der Waals surface area contributed by atoms with E-state index in [1.165, 1.54) is 5.56 Å². The second-order valence-corrected chi connectivity index (χ2v) is 5.62. The van der Waals surface area contributed by atoms with E-state index in [-0.39, 0.29) is 0 Å². The normalized spacial score (nSPS) is 12.9. The van der Waals surface area contributed by atoms with Crippen LogP contribution in [0.4, 0.5) is 5.82 Å². The van der Waals surface area contributed by atoms with Gasteiger partial charge in [0.15, 0.2) is 5.82 Å². The van der Waals surface area contributed by atoms with Crippen LogP contribution < -0.4 is 14.8 Å². The third-order valence-corrected chi connectivity index (χ3v) is 4.43. The minimum atomic E-state index is 0.681. The molecule has 3 rings (SSSR count). The van der Waals surface area contributed by atoms with Crippen LogP contribution in [-0.2, 0) is 11.5 Å². The fourth-order valence-corrected chi connectivity index (χ4v) is 3.40. The second-order valence-electron chi connectivity index (χ2n) is 4.63. The van der Waals surface area contributed by atoms with Crippen molar-refractivity contribution in [1.82, 2.24) is 9.97 Å². The van der Waals surface area contributed by atoms with E-state index in [1.54, 1.807) is 14.2 Å². The van der Waals surface area contributed by atoms with Crippen molar-refractivity contribution in [3.63, 3.8) is 0 Å². The Balaban J connectivity index is 2.12. The van der Waals surface area contributed by atoms with E-state index in [1.807, 2.05) is 37.0 Å². The molecule has 0 saturated heterocycles. The standard InChI is InChI=1S/C15H17N3O2S/c1-16-14-11-7-21-8-12(11)17-15(18-14)10-5-4-9(19-2)6-13(10)20-3/h4-6H,7-8H2,1-3H3,(H,16,17,18). The van der Waals surface area contributed by atoms with E-state index in [0.29, 0.717) is 11.6 Å². The predicted molar refractivity (Wildman–Crippen MR) is 85.1 cm³/mol. The fraction of sp³-hybridized carbons (Fsp3) is 0.333. The van der Waals surface area contributed by atoms with Gasteiger partial charge >= 0.3 is 0 Å². The lowest BCUT2D eigenvalue weighted by atomic mass is 10.1. The van der Waals surface area contributed by atoms with Gasteiger partial charge in [0.05, 0.1) is 25.5 Å². The molecule has 5 nitrogen and oxygen atoms in total. The Hall–Kier alpha value is -1.95. The van der Waals surface area contributed by atoms with Crippen LogP contribution in [0.1, 0.15) is 11.3 Å². The zero-order valence-corrected chi connectivity index (χ0v) is 13.1. The summed E-state index contributed by atoms with van der Waals surface area (Å²) in [5, 5.41) is 3.17. The van der Waals surface area contributed by atoms with E-state index >= 15 is 0 Å². The molecular weight excluding hydrogens is 286 g/mol. The van der Waals surface area contributed by atoms with Gasteiger partial charge < -0.3 is 14.8 Å². The first-order valence-electron chi connectivity index (χ1n) is 6.64. The number of rotatable bonds is 4. The molecule has 1 aromatic heterocycles. The first-order valence-corrected chi connectivity index (χ1v) is 7.80. The summed E-state index contributed by atoms with van der Waals surface area (Å²) in [5.41, 5.74) is 3.18. The Labute approximate surface area is 128 Å². The van der Waals surface area contributed by atoms with E-state index in [4.69, 9.17) is 14.5 Å². The smallest absolute Gasteiger partial charge is 0.165 e. The summed E-state index contributed by atoms with van der Waals surface area (Å²) in [6.45, 7) is 0. The average molecular weight is 303 g/mol. The molecule has 0 unspecified atom stereocenters. The minimum Gasteiger partial charge on any atom is -0.497 e. The Kier molecular flexibility index (Phi) is 3.88. The third-order valence-electron chi connectivity index (χ3n) is 3.46. The number of aromatic nitrogens is 2. The highest BCUT2D eigenvalue weighted by Gasteiger charge is 2.21. The van der Waals surface area contributed by atoms with E-state index in [0.717, 1.165) is 34.3 Å². The lowest BCUT2D eigenvalue weighted by Gasteiger charge is -2.12. The maximum absolute atomic E-state index is 5.45. The lowest BCUT2D eigenvalue weighted by molar-refractivity contribution is 0.395. The van der Waals surface area contributed by atoms with E-state index < -0.39 is 0 Å². The molecule has 0 bridgehead atoms. The van der Waals surface area contributed by atoms with Gasteiger partial charge in [-0.1, -0.05) is 0 Å². The molecule has 0 amide bonds. The van der Waals surface area contributed by atoms with Crippen LogP contribution >= 0.6 is 11.8 Å². The SMILES string of the molecule is CNc1nc(-c2ccc(OC)cc2OC)nc2c1CSC2. The van der Waals surface area contributed by atoms with Gasteiger partial charge in [-0.2, -0.15) is 11.8 Å². The quantitative estimate of drug-likeness (QED) is 0.937. The van der Waals surface area contributed by atoms with Gasteiger partial charge in [0.2, 0.25) is 0 Å². The van der Waals surface area contributed by atoms with Gasteiger partial charge in [0.1, 0.15) is 17.3 Å². The highest BCUT2D eigenvalue weighted by atomic mass is 32.2. The number of benzene rings is 1. The van der Waals surface area contributed by atoms with Crippen LogP contribution in [-0.4, -0.2) is 31.2 Å². The summed E-state index contributed by atoms with van der Waals surface area (Å²) in [5.74, 6) is 4.94. The maximum Gasteiger partial charge on any atom is 0.165 e. The molecule has 0 atom stereocenters. The molecule has 110 valence electrons. The van der Waals surface area contributed by atoms with Crippen LogP contribution in [0, 0.1) is 0 Å². The van der Waals surface area contributed by atoms with Crippen LogP contribution in [0.25, 0.3) is 11.4 Å². The summed E-state index contributed by atoms with van der Waals surface area (Å²) in [4.78, 5) is 9.34. The monoisotopic (exact) mass is 303 g/mol. The van der Waals surface area contributed by atoms with Gasteiger partial charge in [-0.25, -0.2) is 9.97 Å². The van der Waals surface area contributed by atoms with Crippen molar-refractivity contribution in [2.45, 2.75) is 11.5 Å². The molecule has 2 aromatic rings. The van der Waals surface area contributed by atoms with Gasteiger partial charge in [-0.3, -0.25) is 0 Å². The summed E-state index contributed by atoms with van der Waals surface area (Å²) in [7, 11) is 5.16. The highest BCUT2D eigenvalue weighted by molar-refractivity contribution is 7.98. The Morgan fingerprint density at radius 3 is 2.71 bits per heavy atom. The maximum atomic E-state index is 5.45. The Morgan fingerprint density at radius 2 is 2.00 bits per heavy atom. The van der Waals surface area contributed by atoms with Crippen molar-refractivity contribution in [3.8, 4) is 22.9 Å². The third kappa shape index (κ3) is 2.51. The number of ether oxygens (including phenoxy) is 2. The van der Waals surface area contributed by atoms with Crippen molar-refractivity contribution in [1.29, 1.82) is 0 Å². The number of methoxy groups -OCH3 is 2. The molecule has 1 aliphatic heterocycles. The van der Waals surface area contributed by atoms with Crippen molar-refractivity contribution < 1.29 is 9.47 Å². The molecular formula is C15H17N3O2S. The van der Waals surface area contributed by atoms with Crippen molar-refractivity contribution in [2.75, 3.05) is 26.6 Å². The Morgan fingerprint density at radius 1 is 1.14 bits per heavy atom. The summed E-state index contributed by atoms with van der Waals surface area (Å²) < 4.78 is 10.7. The van der Waals surface area contributed by atoms with Gasteiger partial charge in [0, 0.05) is 30.2 Å². The molecule has 1 aliphatic rings. The van der Waals surface area contributed by atoms with Gasteiger partial charge in [-0.05, 0) is 12.1 Å². The second kappa shape index (κ2) is 5.81. The number of nitrogens with zero attached hydrogens (tertiary/aromatic N) is 2. The fourth-order valence-electron chi connectivity index (χ4n) is 2.36. The molecule has 0 aliphatic carbocycles. The molecule has 0 fully saturated rings. The average Bonchev–Trinajstić information content (AvgIpc) is 3.01. The Bertz CT molecular complexity index is 676. The number of thioether (sulfide) groups is 1. The molecule has 0 saturated carbocycles. The number of hydrogen-bond donors (Lipinski definition) is 1. The number of hydrogen-bond acceptors (Lipinski definition) is 6. The van der Waals surface area contributed by atoms with E-state index in [9.17, 15) is 0 Å².